The van der Waals surface area contributed by atoms with E-state index in [0.717, 1.165) is 5.33 Å². The first-order chi connectivity index (χ1) is 8.85. The summed E-state index contributed by atoms with van der Waals surface area (Å²) in [5.41, 5.74) is 4.92. The molecule has 0 bridgehead atoms. The van der Waals surface area contributed by atoms with Crippen LogP contribution >= 0.6 is 27.5 Å². The summed E-state index contributed by atoms with van der Waals surface area (Å²) in [5, 5.41) is 0.824. The van der Waals surface area contributed by atoms with Crippen molar-refractivity contribution < 1.29 is 0 Å². The Labute approximate surface area is 121 Å². The summed E-state index contributed by atoms with van der Waals surface area (Å²) in [7, 11) is 0. The number of hydrogen-bond donors (Lipinski definition) is 0. The van der Waals surface area contributed by atoms with Crippen molar-refractivity contribution in [3.63, 3.8) is 0 Å². The maximum atomic E-state index is 5.75. The molecule has 0 radical (unpaired) electrons. The van der Waals surface area contributed by atoms with E-state index in [4.69, 9.17) is 11.6 Å². The summed E-state index contributed by atoms with van der Waals surface area (Å²) in [5.74, 6) is 0.543. The normalized spacial score (nSPS) is 11.6. The van der Waals surface area contributed by atoms with Crippen molar-refractivity contribution in [1.82, 2.24) is 0 Å². The lowest BCUT2D eigenvalue weighted by Gasteiger charge is -2.06. The van der Waals surface area contributed by atoms with Gasteiger partial charge >= 0.3 is 0 Å². The Morgan fingerprint density at radius 3 is 2.11 bits per heavy atom. The Kier molecular flexibility index (Phi) is 5.03. The van der Waals surface area contributed by atoms with Gasteiger partial charge in [0.25, 0.3) is 0 Å². The Balaban J connectivity index is 2.28. The molecule has 2 aromatic rings. The second kappa shape index (κ2) is 6.77. The van der Waals surface area contributed by atoms with Crippen LogP contribution < -0.4 is 0 Å². The van der Waals surface area contributed by atoms with Gasteiger partial charge in [-0.25, -0.2) is 0 Å². The summed E-state index contributed by atoms with van der Waals surface area (Å²) in [6.45, 7) is 0. The number of hydrogen-bond acceptors (Lipinski definition) is 0. The molecule has 0 spiro atoms. The van der Waals surface area contributed by atoms with Crippen LogP contribution in [0, 0.1) is 0 Å². The molecule has 2 rings (SSSR count). The van der Waals surface area contributed by atoms with E-state index in [1.165, 1.54) is 22.3 Å². The molecule has 18 heavy (non-hydrogen) atoms. The smallest absolute Gasteiger partial charge is 0.0410 e. The van der Waals surface area contributed by atoms with Crippen LogP contribution in [0.5, 0.6) is 0 Å². The van der Waals surface area contributed by atoms with E-state index in [0.29, 0.717) is 5.88 Å². The quantitative estimate of drug-likeness (QED) is 0.664. The average molecular weight is 322 g/mol. The zero-order chi connectivity index (χ0) is 12.8. The minimum absolute atomic E-state index is 0.543. The largest absolute Gasteiger partial charge is 0.122 e. The van der Waals surface area contributed by atoms with E-state index in [1.807, 2.05) is 12.1 Å². The van der Waals surface area contributed by atoms with Gasteiger partial charge in [0.15, 0.2) is 0 Å². The molecule has 2 heteroatoms. The molecule has 0 unspecified atom stereocenters. The summed E-state index contributed by atoms with van der Waals surface area (Å²) in [6.07, 6.45) is 2.04. The summed E-state index contributed by atoms with van der Waals surface area (Å²) in [4.78, 5) is 0. The molecule has 0 atom stereocenters. The van der Waals surface area contributed by atoms with Gasteiger partial charge in [0, 0.05) is 11.2 Å². The van der Waals surface area contributed by atoms with Gasteiger partial charge in [-0.15, -0.1) is 11.6 Å². The highest BCUT2D eigenvalue weighted by Gasteiger charge is 2.01. The van der Waals surface area contributed by atoms with E-state index in [2.05, 4.69) is 64.5 Å². The van der Waals surface area contributed by atoms with Gasteiger partial charge in [0.2, 0.25) is 0 Å². The fraction of sp³-hybridized carbons (Fsp3) is 0.125. The SMILES string of the molecule is ClCC=C(CBr)c1ccc(-c2ccccc2)cc1. The summed E-state index contributed by atoms with van der Waals surface area (Å²) in [6, 6.07) is 19.0. The zero-order valence-electron chi connectivity index (χ0n) is 9.94. The Morgan fingerprint density at radius 2 is 1.56 bits per heavy atom. The number of alkyl halides is 2. The first kappa shape index (κ1) is 13.4. The lowest BCUT2D eigenvalue weighted by atomic mass is 10.0. The first-order valence-electron chi connectivity index (χ1n) is 5.82. The second-order valence-electron chi connectivity index (χ2n) is 3.96. The van der Waals surface area contributed by atoms with Crippen LogP contribution in [0.1, 0.15) is 5.56 Å². The molecule has 0 nitrogen and oxygen atoms in total. The highest BCUT2D eigenvalue weighted by atomic mass is 79.9. The van der Waals surface area contributed by atoms with Crippen LogP contribution in [0.15, 0.2) is 60.7 Å². The van der Waals surface area contributed by atoms with Gasteiger partial charge in [-0.05, 0) is 22.3 Å². The Hall–Kier alpha value is -1.05. The number of allylic oxidation sites excluding steroid dienone is 2. The van der Waals surface area contributed by atoms with Gasteiger partial charge in [0.1, 0.15) is 0 Å². The predicted octanol–water partition coefficient (Wildman–Crippen LogP) is 5.37. The molecule has 0 heterocycles. The van der Waals surface area contributed by atoms with Crippen molar-refractivity contribution >= 4 is 33.1 Å². The molecule has 0 amide bonds. The van der Waals surface area contributed by atoms with Crippen LogP contribution in [-0.4, -0.2) is 11.2 Å². The number of benzene rings is 2. The topological polar surface area (TPSA) is 0 Å². The average Bonchev–Trinajstić information content (AvgIpc) is 2.46. The molecule has 0 fully saturated rings. The van der Waals surface area contributed by atoms with Gasteiger partial charge in [-0.1, -0.05) is 76.6 Å². The van der Waals surface area contributed by atoms with Gasteiger partial charge in [-0.3, -0.25) is 0 Å². The lowest BCUT2D eigenvalue weighted by Crippen LogP contribution is -1.87. The molecule has 0 aliphatic heterocycles. The van der Waals surface area contributed by atoms with Gasteiger partial charge in [0.05, 0.1) is 0 Å². The fourth-order valence-corrected chi connectivity index (χ4v) is 2.59. The van der Waals surface area contributed by atoms with E-state index < -0.39 is 0 Å². The molecular formula is C16H14BrCl. The summed E-state index contributed by atoms with van der Waals surface area (Å²) < 4.78 is 0. The van der Waals surface area contributed by atoms with E-state index in [9.17, 15) is 0 Å². The van der Waals surface area contributed by atoms with Crippen molar-refractivity contribution in [1.29, 1.82) is 0 Å². The molecule has 0 aromatic heterocycles. The van der Waals surface area contributed by atoms with Crippen LogP contribution in [0.3, 0.4) is 0 Å². The van der Waals surface area contributed by atoms with Gasteiger partial charge in [-0.2, -0.15) is 0 Å². The van der Waals surface area contributed by atoms with Crippen molar-refractivity contribution in [2.24, 2.45) is 0 Å². The lowest BCUT2D eigenvalue weighted by molar-refractivity contribution is 1.54. The van der Waals surface area contributed by atoms with E-state index in [-0.39, 0.29) is 0 Å². The van der Waals surface area contributed by atoms with Crippen LogP contribution in [0.25, 0.3) is 16.7 Å². The van der Waals surface area contributed by atoms with Crippen molar-refractivity contribution in [3.05, 3.63) is 66.2 Å². The molecule has 0 saturated carbocycles. The molecule has 92 valence electrons. The second-order valence-corrected chi connectivity index (χ2v) is 4.83. The molecule has 0 aliphatic carbocycles. The highest BCUT2D eigenvalue weighted by molar-refractivity contribution is 9.09. The molecule has 0 N–H and O–H groups in total. The molecular weight excluding hydrogens is 308 g/mol. The van der Waals surface area contributed by atoms with Crippen molar-refractivity contribution in [2.45, 2.75) is 0 Å². The first-order valence-corrected chi connectivity index (χ1v) is 7.47. The van der Waals surface area contributed by atoms with Crippen LogP contribution in [-0.2, 0) is 0 Å². The van der Waals surface area contributed by atoms with Gasteiger partial charge < -0.3 is 0 Å². The predicted molar refractivity (Wildman–Crippen MR) is 84.4 cm³/mol. The maximum Gasteiger partial charge on any atom is 0.0410 e. The molecule has 0 aliphatic rings. The third-order valence-corrected chi connectivity index (χ3v) is 3.59. The maximum absolute atomic E-state index is 5.75. The highest BCUT2D eigenvalue weighted by Crippen LogP contribution is 2.23. The van der Waals surface area contributed by atoms with Crippen molar-refractivity contribution in [3.8, 4) is 11.1 Å². The standard InChI is InChI=1S/C16H14BrCl/c17-12-16(10-11-18)15-8-6-14(7-9-15)13-4-2-1-3-5-13/h1-10H,11-12H2. The van der Waals surface area contributed by atoms with E-state index >= 15 is 0 Å². The number of halogens is 2. The monoisotopic (exact) mass is 320 g/mol. The minimum atomic E-state index is 0.543. The Bertz CT molecular complexity index is 515. The fourth-order valence-electron chi connectivity index (χ4n) is 1.85. The minimum Gasteiger partial charge on any atom is -0.122 e. The third-order valence-electron chi connectivity index (χ3n) is 2.83. The molecule has 0 saturated heterocycles. The zero-order valence-corrected chi connectivity index (χ0v) is 12.3. The van der Waals surface area contributed by atoms with Crippen molar-refractivity contribution in [2.75, 3.05) is 11.2 Å². The van der Waals surface area contributed by atoms with E-state index in [1.54, 1.807) is 0 Å². The van der Waals surface area contributed by atoms with Crippen LogP contribution in [0.2, 0.25) is 0 Å². The third kappa shape index (κ3) is 3.24. The number of rotatable bonds is 4. The molecule has 2 aromatic carbocycles. The van der Waals surface area contributed by atoms with Crippen LogP contribution in [0.4, 0.5) is 0 Å². The Morgan fingerprint density at radius 1 is 0.944 bits per heavy atom. The summed E-state index contributed by atoms with van der Waals surface area (Å²) >= 11 is 9.24.